The van der Waals surface area contributed by atoms with Crippen molar-refractivity contribution in [2.75, 3.05) is 13.2 Å². The number of benzene rings is 2. The van der Waals surface area contributed by atoms with Gasteiger partial charge in [0.25, 0.3) is 5.91 Å². The average Bonchev–Trinajstić information content (AvgIpc) is 2.94. The molecular formula is C22H22INO3S2. The van der Waals surface area contributed by atoms with E-state index in [9.17, 15) is 4.79 Å². The molecule has 1 fully saturated rings. The number of thioether (sulfide) groups is 1. The minimum absolute atomic E-state index is 0.0672. The zero-order chi connectivity index (χ0) is 21.0. The molecule has 1 aliphatic rings. The van der Waals surface area contributed by atoms with Crippen molar-refractivity contribution < 1.29 is 14.3 Å². The number of carbonyl (C=O) groups excluding carboxylic acids is 1. The summed E-state index contributed by atoms with van der Waals surface area (Å²) in [5.74, 6) is 1.35. The molecule has 0 aromatic heterocycles. The zero-order valence-corrected chi connectivity index (χ0v) is 20.3. The molecule has 2 aromatic rings. The van der Waals surface area contributed by atoms with Crippen molar-refractivity contribution in [3.8, 4) is 11.5 Å². The highest BCUT2D eigenvalue weighted by Gasteiger charge is 2.32. The monoisotopic (exact) mass is 539 g/mol. The van der Waals surface area contributed by atoms with Crippen molar-refractivity contribution in [3.05, 3.63) is 61.6 Å². The second-order valence-corrected chi connectivity index (χ2v) is 9.29. The normalized spacial score (nSPS) is 15.3. The van der Waals surface area contributed by atoms with Crippen LogP contribution in [0.25, 0.3) is 6.08 Å². The molecule has 0 atom stereocenters. The van der Waals surface area contributed by atoms with E-state index in [2.05, 4.69) is 22.6 Å². The molecule has 0 spiro atoms. The summed E-state index contributed by atoms with van der Waals surface area (Å²) >= 11 is 9.03. The molecule has 1 heterocycles. The molecule has 7 heteroatoms. The van der Waals surface area contributed by atoms with Crippen LogP contribution in [0.4, 0.5) is 0 Å². The van der Waals surface area contributed by atoms with Gasteiger partial charge in [0.2, 0.25) is 0 Å². The van der Waals surface area contributed by atoms with Crippen LogP contribution in [0.3, 0.4) is 0 Å². The van der Waals surface area contributed by atoms with Crippen LogP contribution >= 0.6 is 46.6 Å². The maximum Gasteiger partial charge on any atom is 0.266 e. The Morgan fingerprint density at radius 3 is 2.48 bits per heavy atom. The standard InChI is InChI=1S/C22H22INO3S2/c1-4-26-18-11-16(10-17(23)20(18)27-5-2)12-19-21(25)24(22(28)29-19)13-15-8-6-14(3)7-9-15/h6-12H,4-5,13H2,1-3H3/b19-12-. The smallest absolute Gasteiger partial charge is 0.266 e. The first-order chi connectivity index (χ1) is 13.9. The van der Waals surface area contributed by atoms with Crippen LogP contribution in [0.5, 0.6) is 11.5 Å². The third-order valence-corrected chi connectivity index (χ3v) is 6.43. The van der Waals surface area contributed by atoms with Gasteiger partial charge in [0.15, 0.2) is 11.5 Å². The van der Waals surface area contributed by atoms with Crippen molar-refractivity contribution in [2.45, 2.75) is 27.3 Å². The van der Waals surface area contributed by atoms with Crippen molar-refractivity contribution >= 4 is 62.9 Å². The Balaban J connectivity index is 1.86. The molecule has 1 amide bonds. The number of nitrogens with zero attached hydrogens (tertiary/aromatic N) is 1. The van der Waals surface area contributed by atoms with Crippen molar-refractivity contribution in [1.82, 2.24) is 4.90 Å². The molecule has 0 bridgehead atoms. The molecule has 0 radical (unpaired) electrons. The van der Waals surface area contributed by atoms with Gasteiger partial charge in [0, 0.05) is 0 Å². The van der Waals surface area contributed by atoms with Gasteiger partial charge in [0.05, 0.1) is 28.2 Å². The summed E-state index contributed by atoms with van der Waals surface area (Å²) in [5.41, 5.74) is 3.13. The predicted octanol–water partition coefficient (Wildman–Crippen LogP) is 5.80. The van der Waals surface area contributed by atoms with E-state index in [0.29, 0.717) is 34.7 Å². The molecule has 29 heavy (non-hydrogen) atoms. The molecule has 1 aliphatic heterocycles. The molecule has 2 aromatic carbocycles. The summed E-state index contributed by atoms with van der Waals surface area (Å²) in [6, 6.07) is 12.0. The lowest BCUT2D eigenvalue weighted by molar-refractivity contribution is -0.122. The van der Waals surface area contributed by atoms with Gasteiger partial charge in [-0.3, -0.25) is 9.69 Å². The zero-order valence-electron chi connectivity index (χ0n) is 16.5. The number of carbonyl (C=O) groups is 1. The van der Waals surface area contributed by atoms with E-state index in [1.807, 2.05) is 63.2 Å². The summed E-state index contributed by atoms with van der Waals surface area (Å²) in [5, 5.41) is 0. The third kappa shape index (κ3) is 5.32. The maximum absolute atomic E-state index is 12.9. The lowest BCUT2D eigenvalue weighted by atomic mass is 10.1. The highest BCUT2D eigenvalue weighted by molar-refractivity contribution is 14.1. The fraction of sp³-hybridized carbons (Fsp3) is 0.273. The molecule has 0 aliphatic carbocycles. The fourth-order valence-corrected chi connectivity index (χ4v) is 4.92. The van der Waals surface area contributed by atoms with Gasteiger partial charge >= 0.3 is 0 Å². The number of rotatable bonds is 7. The Kier molecular flexibility index (Phi) is 7.59. The Labute approximate surface area is 194 Å². The summed E-state index contributed by atoms with van der Waals surface area (Å²) in [6.07, 6.45) is 1.87. The minimum atomic E-state index is -0.0672. The molecule has 0 saturated carbocycles. The highest BCUT2D eigenvalue weighted by Crippen LogP contribution is 2.38. The quantitative estimate of drug-likeness (QED) is 0.253. The Morgan fingerprint density at radius 2 is 1.83 bits per heavy atom. The number of ether oxygens (including phenoxy) is 2. The second kappa shape index (κ2) is 9.95. The van der Waals surface area contributed by atoms with Gasteiger partial charge < -0.3 is 9.47 Å². The van der Waals surface area contributed by atoms with Gasteiger partial charge in [0.1, 0.15) is 4.32 Å². The minimum Gasteiger partial charge on any atom is -0.490 e. The average molecular weight is 539 g/mol. The van der Waals surface area contributed by atoms with Gasteiger partial charge in [-0.15, -0.1) is 0 Å². The lowest BCUT2D eigenvalue weighted by Crippen LogP contribution is -2.27. The maximum atomic E-state index is 12.9. The van der Waals surface area contributed by atoms with Crippen LogP contribution in [-0.4, -0.2) is 28.3 Å². The second-order valence-electron chi connectivity index (χ2n) is 6.45. The molecule has 152 valence electrons. The van der Waals surface area contributed by atoms with Crippen LogP contribution in [0, 0.1) is 10.5 Å². The van der Waals surface area contributed by atoms with E-state index < -0.39 is 0 Å². The molecule has 1 saturated heterocycles. The Hall–Kier alpha value is -1.58. The molecule has 4 nitrogen and oxygen atoms in total. The molecule has 0 N–H and O–H groups in total. The van der Waals surface area contributed by atoms with E-state index in [0.717, 1.165) is 20.4 Å². The van der Waals surface area contributed by atoms with Crippen molar-refractivity contribution in [1.29, 1.82) is 0 Å². The number of aryl methyl sites for hydroxylation is 1. The van der Waals surface area contributed by atoms with Crippen LogP contribution in [0.1, 0.15) is 30.5 Å². The summed E-state index contributed by atoms with van der Waals surface area (Å²) in [6.45, 7) is 7.50. The van der Waals surface area contributed by atoms with E-state index in [1.54, 1.807) is 4.90 Å². The van der Waals surface area contributed by atoms with E-state index in [-0.39, 0.29) is 5.91 Å². The number of hydrogen-bond acceptors (Lipinski definition) is 5. The highest BCUT2D eigenvalue weighted by atomic mass is 127. The first kappa shape index (κ1) is 22.1. The summed E-state index contributed by atoms with van der Waals surface area (Å²) < 4.78 is 13.0. The van der Waals surface area contributed by atoms with Crippen LogP contribution < -0.4 is 9.47 Å². The Morgan fingerprint density at radius 1 is 1.14 bits per heavy atom. The predicted molar refractivity (Wildman–Crippen MR) is 131 cm³/mol. The van der Waals surface area contributed by atoms with E-state index in [4.69, 9.17) is 21.7 Å². The number of halogens is 1. The van der Waals surface area contributed by atoms with Gasteiger partial charge in [-0.1, -0.05) is 53.8 Å². The summed E-state index contributed by atoms with van der Waals surface area (Å²) in [4.78, 5) is 15.2. The van der Waals surface area contributed by atoms with Gasteiger partial charge in [-0.05, 0) is 72.7 Å². The first-order valence-corrected chi connectivity index (χ1v) is 11.6. The number of amides is 1. The van der Waals surface area contributed by atoms with Crippen molar-refractivity contribution in [3.63, 3.8) is 0 Å². The number of hydrogen-bond donors (Lipinski definition) is 0. The first-order valence-electron chi connectivity index (χ1n) is 9.33. The number of thiocarbonyl (C=S) groups is 1. The SMILES string of the molecule is CCOc1cc(/C=C2\SC(=S)N(Cc3ccc(C)cc3)C2=O)cc(I)c1OCC. The lowest BCUT2D eigenvalue weighted by Gasteiger charge is -2.15. The molecule has 0 unspecified atom stereocenters. The molecular weight excluding hydrogens is 517 g/mol. The topological polar surface area (TPSA) is 38.8 Å². The Bertz CT molecular complexity index is 957. The van der Waals surface area contributed by atoms with Gasteiger partial charge in [-0.25, -0.2) is 0 Å². The summed E-state index contributed by atoms with van der Waals surface area (Å²) in [7, 11) is 0. The van der Waals surface area contributed by atoms with E-state index >= 15 is 0 Å². The van der Waals surface area contributed by atoms with Gasteiger partial charge in [-0.2, -0.15) is 0 Å². The molecule has 3 rings (SSSR count). The van der Waals surface area contributed by atoms with E-state index in [1.165, 1.54) is 17.3 Å². The van der Waals surface area contributed by atoms with Crippen LogP contribution in [0.2, 0.25) is 0 Å². The largest absolute Gasteiger partial charge is 0.490 e. The van der Waals surface area contributed by atoms with Crippen molar-refractivity contribution in [2.24, 2.45) is 0 Å². The third-order valence-electron chi connectivity index (χ3n) is 4.25. The van der Waals surface area contributed by atoms with Crippen LogP contribution in [0.15, 0.2) is 41.3 Å². The van der Waals surface area contributed by atoms with Crippen LogP contribution in [-0.2, 0) is 11.3 Å². The fourth-order valence-electron chi connectivity index (χ4n) is 2.88.